The van der Waals surface area contributed by atoms with Gasteiger partial charge in [-0.1, -0.05) is 29.5 Å². The predicted octanol–water partition coefficient (Wildman–Crippen LogP) is 5.37. The summed E-state index contributed by atoms with van der Waals surface area (Å²) < 4.78 is 16.9. The molecule has 4 nitrogen and oxygen atoms in total. The van der Waals surface area contributed by atoms with Crippen molar-refractivity contribution in [3.05, 3.63) is 24.3 Å². The minimum atomic E-state index is -0.203. The van der Waals surface area contributed by atoms with E-state index in [1.807, 2.05) is 19.1 Å². The van der Waals surface area contributed by atoms with Gasteiger partial charge in [0.15, 0.2) is 6.79 Å². The maximum absolute atomic E-state index is 11.8. The van der Waals surface area contributed by atoms with Crippen LogP contribution in [0.15, 0.2) is 24.3 Å². The third-order valence-corrected chi connectivity index (χ3v) is 7.93. The lowest BCUT2D eigenvalue weighted by Crippen LogP contribution is -2.48. The van der Waals surface area contributed by atoms with Gasteiger partial charge >= 0.3 is 5.97 Å². The van der Waals surface area contributed by atoms with E-state index in [-0.39, 0.29) is 16.7 Å². The lowest BCUT2D eigenvalue weighted by atomic mass is 9.50. The van der Waals surface area contributed by atoms with Gasteiger partial charge in [0.25, 0.3) is 0 Å². The number of alkyl halides is 1. The zero-order valence-electron chi connectivity index (χ0n) is 16.0. The zero-order valence-corrected chi connectivity index (χ0v) is 18.2. The third-order valence-electron chi connectivity index (χ3n) is 6.54. The molecule has 1 aromatic rings. The number of rotatable bonds is 8. The van der Waals surface area contributed by atoms with E-state index in [4.69, 9.17) is 14.2 Å². The molecule has 1 aromatic carbocycles. The fraction of sp³-hybridized carbons (Fsp3) is 0.682. The molecule has 0 amide bonds. The molecule has 4 saturated carbocycles. The number of ether oxygens (including phenoxy) is 3. The van der Waals surface area contributed by atoms with Crippen molar-refractivity contribution in [3.63, 3.8) is 0 Å². The van der Waals surface area contributed by atoms with Gasteiger partial charge in [-0.2, -0.15) is 0 Å². The Bertz CT molecular complexity index is 621. The summed E-state index contributed by atoms with van der Waals surface area (Å²) >= 11 is 2.10. The normalized spacial score (nSPS) is 32.3. The van der Waals surface area contributed by atoms with Gasteiger partial charge in [-0.15, -0.1) is 0 Å². The molecule has 5 heteroatoms. The average Bonchev–Trinajstić information content (AvgIpc) is 2.64. The summed E-state index contributed by atoms with van der Waals surface area (Å²) in [5.74, 6) is 3.94. The van der Waals surface area contributed by atoms with Crippen LogP contribution in [0, 0.1) is 23.2 Å². The lowest BCUT2D eigenvalue weighted by Gasteiger charge is -2.56. The number of carbonyl (C=O) groups is 1. The lowest BCUT2D eigenvalue weighted by molar-refractivity contribution is -0.133. The topological polar surface area (TPSA) is 44.8 Å². The zero-order chi connectivity index (χ0) is 18.9. The summed E-state index contributed by atoms with van der Waals surface area (Å²) in [5.41, 5.74) is 0.422. The van der Waals surface area contributed by atoms with Gasteiger partial charge in [0.1, 0.15) is 15.4 Å². The number of benzene rings is 1. The van der Waals surface area contributed by atoms with Crippen LogP contribution in [0.2, 0.25) is 0 Å². The largest absolute Gasteiger partial charge is 0.468 e. The second kappa shape index (κ2) is 8.27. The summed E-state index contributed by atoms with van der Waals surface area (Å²) in [6, 6.07) is 7.19. The summed E-state index contributed by atoms with van der Waals surface area (Å²) in [7, 11) is 0. The molecular formula is C22H29IO4. The smallest absolute Gasteiger partial charge is 0.324 e. The van der Waals surface area contributed by atoms with Crippen molar-refractivity contribution in [2.45, 2.75) is 55.8 Å². The maximum atomic E-state index is 11.8. The summed E-state index contributed by atoms with van der Waals surface area (Å²) in [6.45, 7) is 3.09. The first-order valence-electron chi connectivity index (χ1n) is 10.2. The van der Waals surface area contributed by atoms with Crippen molar-refractivity contribution in [2.75, 3.05) is 13.4 Å². The highest BCUT2D eigenvalue weighted by Crippen LogP contribution is 2.60. The molecule has 27 heavy (non-hydrogen) atoms. The van der Waals surface area contributed by atoms with Gasteiger partial charge in [-0.25, -0.2) is 0 Å². The molecule has 0 radical (unpaired) electrons. The molecule has 1 unspecified atom stereocenters. The Hall–Kier alpha value is -0.820. The molecule has 4 bridgehead atoms. The maximum Gasteiger partial charge on any atom is 0.324 e. The van der Waals surface area contributed by atoms with E-state index in [0.29, 0.717) is 11.2 Å². The molecule has 0 heterocycles. The molecule has 0 spiro atoms. The third kappa shape index (κ3) is 4.61. The first kappa shape index (κ1) is 19.5. The monoisotopic (exact) mass is 484 g/mol. The summed E-state index contributed by atoms with van der Waals surface area (Å²) in [6.07, 6.45) is 9.22. The van der Waals surface area contributed by atoms with Crippen LogP contribution in [0.4, 0.5) is 0 Å². The SMILES string of the molecule is CCC(I)C(=O)Oc1ccc(OCOCC23CC4CC(CC(C4)C2)C3)cc1. The van der Waals surface area contributed by atoms with E-state index >= 15 is 0 Å². The van der Waals surface area contributed by atoms with E-state index in [1.165, 1.54) is 38.5 Å². The van der Waals surface area contributed by atoms with Gasteiger partial charge in [0.2, 0.25) is 0 Å². The number of hydrogen-bond donors (Lipinski definition) is 0. The van der Waals surface area contributed by atoms with E-state index in [1.54, 1.807) is 12.1 Å². The molecular weight excluding hydrogens is 455 g/mol. The molecule has 0 aliphatic heterocycles. The Labute approximate surface area is 175 Å². The Morgan fingerprint density at radius 2 is 1.63 bits per heavy atom. The summed E-state index contributed by atoms with van der Waals surface area (Å²) in [5, 5.41) is 0. The number of esters is 1. The van der Waals surface area contributed by atoms with Crippen molar-refractivity contribution >= 4 is 28.6 Å². The molecule has 0 saturated heterocycles. The predicted molar refractivity (Wildman–Crippen MR) is 112 cm³/mol. The molecule has 0 N–H and O–H groups in total. The number of halogens is 1. The molecule has 0 aromatic heterocycles. The second-order valence-corrected chi connectivity index (χ2v) is 10.3. The van der Waals surface area contributed by atoms with Gasteiger partial charge in [-0.3, -0.25) is 4.79 Å². The Kier molecular flexibility index (Phi) is 5.97. The van der Waals surface area contributed by atoms with Crippen LogP contribution < -0.4 is 9.47 Å². The van der Waals surface area contributed by atoms with Crippen LogP contribution in [-0.4, -0.2) is 23.3 Å². The quantitative estimate of drug-likeness (QED) is 0.124. The van der Waals surface area contributed by atoms with Gasteiger partial charge in [0, 0.05) is 0 Å². The highest BCUT2D eigenvalue weighted by atomic mass is 127. The van der Waals surface area contributed by atoms with Crippen LogP contribution in [0.5, 0.6) is 11.5 Å². The fourth-order valence-corrected chi connectivity index (χ4v) is 5.91. The Morgan fingerprint density at radius 1 is 1.07 bits per heavy atom. The van der Waals surface area contributed by atoms with Crippen molar-refractivity contribution in [3.8, 4) is 11.5 Å². The van der Waals surface area contributed by atoms with Crippen LogP contribution in [0.3, 0.4) is 0 Å². The first-order valence-corrected chi connectivity index (χ1v) is 11.5. The number of hydrogen-bond acceptors (Lipinski definition) is 4. The van der Waals surface area contributed by atoms with Crippen molar-refractivity contribution in [1.82, 2.24) is 0 Å². The highest BCUT2D eigenvalue weighted by Gasteiger charge is 2.50. The standard InChI is InChI=1S/C22H29IO4/c1-2-20(23)21(24)27-19-5-3-18(4-6-19)26-14-25-13-22-10-15-7-16(11-22)9-17(8-15)12-22/h3-6,15-17,20H,2,7-14H2,1H3. The molecule has 1 atom stereocenters. The van der Waals surface area contributed by atoms with Crippen LogP contribution in [-0.2, 0) is 9.53 Å². The highest BCUT2D eigenvalue weighted by molar-refractivity contribution is 14.1. The summed E-state index contributed by atoms with van der Waals surface area (Å²) in [4.78, 5) is 11.8. The van der Waals surface area contributed by atoms with E-state index in [0.717, 1.165) is 36.5 Å². The molecule has 4 aliphatic carbocycles. The van der Waals surface area contributed by atoms with E-state index in [9.17, 15) is 4.79 Å². The molecule has 4 fully saturated rings. The first-order chi connectivity index (χ1) is 13.0. The van der Waals surface area contributed by atoms with Gasteiger partial charge in [0.05, 0.1) is 6.61 Å². The van der Waals surface area contributed by atoms with Crippen LogP contribution in [0.25, 0.3) is 0 Å². The van der Waals surface area contributed by atoms with Crippen molar-refractivity contribution in [2.24, 2.45) is 23.2 Å². The Balaban J connectivity index is 1.21. The van der Waals surface area contributed by atoms with Crippen molar-refractivity contribution in [1.29, 1.82) is 0 Å². The van der Waals surface area contributed by atoms with Gasteiger partial charge in [-0.05, 0) is 92.4 Å². The minimum absolute atomic E-state index is 0.114. The van der Waals surface area contributed by atoms with Gasteiger partial charge < -0.3 is 14.2 Å². The number of carbonyl (C=O) groups excluding carboxylic acids is 1. The van der Waals surface area contributed by atoms with Crippen LogP contribution >= 0.6 is 22.6 Å². The fourth-order valence-electron chi connectivity index (χ4n) is 5.79. The minimum Gasteiger partial charge on any atom is -0.468 e. The van der Waals surface area contributed by atoms with E-state index in [2.05, 4.69) is 22.6 Å². The van der Waals surface area contributed by atoms with E-state index < -0.39 is 0 Å². The van der Waals surface area contributed by atoms with Crippen molar-refractivity contribution < 1.29 is 19.0 Å². The molecule has 148 valence electrons. The second-order valence-electron chi connectivity index (χ2n) is 8.80. The molecule has 4 aliphatic rings. The van der Waals surface area contributed by atoms with Crippen LogP contribution in [0.1, 0.15) is 51.9 Å². The Morgan fingerprint density at radius 3 is 2.19 bits per heavy atom. The average molecular weight is 484 g/mol. The molecule has 5 rings (SSSR count).